The second-order valence-corrected chi connectivity index (χ2v) is 6.13. The fourth-order valence-corrected chi connectivity index (χ4v) is 2.73. The molecule has 0 aliphatic carbocycles. The molecule has 1 aromatic heterocycles. The van der Waals surface area contributed by atoms with Crippen molar-refractivity contribution in [2.24, 2.45) is 0 Å². The number of benzene rings is 2. The number of carbonyl (C=O) groups excluding carboxylic acids is 2. The lowest BCUT2D eigenvalue weighted by Gasteiger charge is -2.07. The summed E-state index contributed by atoms with van der Waals surface area (Å²) in [5.74, 6) is -0.280. The summed E-state index contributed by atoms with van der Waals surface area (Å²) < 4.78 is 0. The summed E-state index contributed by atoms with van der Waals surface area (Å²) in [5, 5.41) is 2.75. The predicted octanol–water partition coefficient (Wildman–Crippen LogP) is 3.07. The van der Waals surface area contributed by atoms with Crippen LogP contribution in [-0.2, 0) is 4.79 Å². The Balaban J connectivity index is 1.62. The highest BCUT2D eigenvalue weighted by Crippen LogP contribution is 2.16. The molecule has 0 aliphatic heterocycles. The van der Waals surface area contributed by atoms with Crippen molar-refractivity contribution in [1.29, 1.82) is 0 Å². The van der Waals surface area contributed by atoms with E-state index in [9.17, 15) is 14.4 Å². The average molecular weight is 337 g/mol. The van der Waals surface area contributed by atoms with Crippen LogP contribution in [0.15, 0.2) is 41.2 Å². The smallest absolute Gasteiger partial charge is 0.323 e. The number of hydrogen-bond donors (Lipinski definition) is 3. The van der Waals surface area contributed by atoms with E-state index in [1.165, 1.54) is 0 Å². The SMILES string of the molecule is Cc1ccc(C)c(C(=O)CCC(=O)Nc2ccc3[nH]c(=O)[nH]c3c2)c1. The number of hydrogen-bond acceptors (Lipinski definition) is 3. The molecule has 0 saturated heterocycles. The second-order valence-electron chi connectivity index (χ2n) is 6.13. The van der Waals surface area contributed by atoms with Crippen molar-refractivity contribution >= 4 is 28.4 Å². The number of carbonyl (C=O) groups is 2. The van der Waals surface area contributed by atoms with Gasteiger partial charge in [-0.25, -0.2) is 4.79 Å². The number of aromatic nitrogens is 2. The number of Topliss-reactive ketones (excluding diaryl/α,β-unsaturated/α-hetero) is 1. The van der Waals surface area contributed by atoms with Crippen LogP contribution < -0.4 is 11.0 Å². The van der Waals surface area contributed by atoms with Crippen LogP contribution in [0.4, 0.5) is 5.69 Å². The molecule has 3 aromatic rings. The Morgan fingerprint density at radius 1 is 0.960 bits per heavy atom. The molecular formula is C19H19N3O3. The number of nitrogens with one attached hydrogen (secondary N) is 3. The van der Waals surface area contributed by atoms with Crippen LogP contribution in [0.2, 0.25) is 0 Å². The van der Waals surface area contributed by atoms with Gasteiger partial charge in [0.25, 0.3) is 0 Å². The Hall–Kier alpha value is -3.15. The summed E-state index contributed by atoms with van der Waals surface area (Å²) in [7, 11) is 0. The lowest BCUT2D eigenvalue weighted by Crippen LogP contribution is -2.14. The summed E-state index contributed by atoms with van der Waals surface area (Å²) in [6.45, 7) is 3.82. The first-order valence-electron chi connectivity index (χ1n) is 8.05. The van der Waals surface area contributed by atoms with E-state index in [-0.39, 0.29) is 30.2 Å². The van der Waals surface area contributed by atoms with Crippen molar-refractivity contribution in [2.75, 3.05) is 5.32 Å². The van der Waals surface area contributed by atoms with Gasteiger partial charge in [0.05, 0.1) is 11.0 Å². The van der Waals surface area contributed by atoms with E-state index in [1.807, 2.05) is 32.0 Å². The quantitative estimate of drug-likeness (QED) is 0.624. The van der Waals surface area contributed by atoms with Crippen LogP contribution in [0.3, 0.4) is 0 Å². The Morgan fingerprint density at radius 2 is 1.72 bits per heavy atom. The molecule has 2 aromatic carbocycles. The highest BCUT2D eigenvalue weighted by molar-refractivity contribution is 6.01. The van der Waals surface area contributed by atoms with E-state index in [1.54, 1.807) is 18.2 Å². The number of amides is 1. The Kier molecular flexibility index (Phi) is 4.52. The summed E-state index contributed by atoms with van der Waals surface area (Å²) in [5.41, 5.74) is 4.18. The third kappa shape index (κ3) is 3.85. The number of ketones is 1. The van der Waals surface area contributed by atoms with Gasteiger partial charge in [0.2, 0.25) is 5.91 Å². The molecule has 0 saturated carbocycles. The fourth-order valence-electron chi connectivity index (χ4n) is 2.73. The van der Waals surface area contributed by atoms with Gasteiger partial charge in [0, 0.05) is 24.1 Å². The van der Waals surface area contributed by atoms with Gasteiger partial charge in [-0.05, 0) is 43.7 Å². The van der Waals surface area contributed by atoms with E-state index in [0.29, 0.717) is 22.3 Å². The third-order valence-electron chi connectivity index (χ3n) is 4.07. The maximum Gasteiger partial charge on any atom is 0.323 e. The van der Waals surface area contributed by atoms with Crippen molar-refractivity contribution in [3.8, 4) is 0 Å². The van der Waals surface area contributed by atoms with Gasteiger partial charge < -0.3 is 15.3 Å². The molecule has 3 rings (SSSR count). The minimum absolute atomic E-state index is 0.0400. The monoisotopic (exact) mass is 337 g/mol. The fraction of sp³-hybridized carbons (Fsp3) is 0.211. The molecule has 6 heteroatoms. The molecular weight excluding hydrogens is 318 g/mol. The first-order valence-corrected chi connectivity index (χ1v) is 8.05. The summed E-state index contributed by atoms with van der Waals surface area (Å²) in [6.07, 6.45) is 0.257. The number of aromatic amines is 2. The normalized spacial score (nSPS) is 10.8. The minimum atomic E-state index is -0.294. The zero-order valence-corrected chi connectivity index (χ0v) is 14.1. The van der Waals surface area contributed by atoms with Gasteiger partial charge in [-0.1, -0.05) is 17.7 Å². The minimum Gasteiger partial charge on any atom is -0.326 e. The lowest BCUT2D eigenvalue weighted by atomic mass is 9.99. The number of fused-ring (bicyclic) bond motifs is 1. The molecule has 0 bridgehead atoms. The number of aryl methyl sites for hydroxylation is 2. The molecule has 0 fully saturated rings. The van der Waals surface area contributed by atoms with Crippen LogP contribution in [0.5, 0.6) is 0 Å². The molecule has 25 heavy (non-hydrogen) atoms. The maximum atomic E-state index is 12.3. The summed E-state index contributed by atoms with van der Waals surface area (Å²) >= 11 is 0. The first kappa shape index (κ1) is 16.7. The number of rotatable bonds is 5. The van der Waals surface area contributed by atoms with E-state index in [2.05, 4.69) is 15.3 Å². The van der Waals surface area contributed by atoms with Gasteiger partial charge in [0.1, 0.15) is 0 Å². The standard InChI is InChI=1S/C19H19N3O3/c1-11-3-4-12(2)14(9-11)17(23)7-8-18(24)20-13-5-6-15-16(10-13)22-19(25)21-15/h3-6,9-10H,7-8H2,1-2H3,(H,20,24)(H2,21,22,25). The molecule has 3 N–H and O–H groups in total. The zero-order valence-electron chi connectivity index (χ0n) is 14.1. The van der Waals surface area contributed by atoms with Crippen LogP contribution in [0.1, 0.15) is 34.3 Å². The molecule has 0 aliphatic rings. The topological polar surface area (TPSA) is 94.8 Å². The maximum absolute atomic E-state index is 12.3. The van der Waals surface area contributed by atoms with E-state index >= 15 is 0 Å². The Bertz CT molecular complexity index is 1010. The van der Waals surface area contributed by atoms with Crippen LogP contribution in [0, 0.1) is 13.8 Å². The summed E-state index contributed by atoms with van der Waals surface area (Å²) in [4.78, 5) is 41.0. The van der Waals surface area contributed by atoms with Crippen molar-refractivity contribution in [1.82, 2.24) is 9.97 Å². The van der Waals surface area contributed by atoms with Crippen molar-refractivity contribution in [2.45, 2.75) is 26.7 Å². The summed E-state index contributed by atoms with van der Waals surface area (Å²) in [6, 6.07) is 10.8. The van der Waals surface area contributed by atoms with E-state index in [4.69, 9.17) is 0 Å². The molecule has 0 radical (unpaired) electrons. The van der Waals surface area contributed by atoms with Crippen LogP contribution in [-0.4, -0.2) is 21.7 Å². The highest BCUT2D eigenvalue weighted by atomic mass is 16.2. The van der Waals surface area contributed by atoms with Gasteiger partial charge in [-0.15, -0.1) is 0 Å². The van der Waals surface area contributed by atoms with Crippen molar-refractivity contribution < 1.29 is 9.59 Å². The average Bonchev–Trinajstić information content (AvgIpc) is 2.94. The first-order chi connectivity index (χ1) is 11.9. The predicted molar refractivity (Wildman–Crippen MR) is 97.0 cm³/mol. The Labute approximate surface area is 144 Å². The highest BCUT2D eigenvalue weighted by Gasteiger charge is 2.12. The lowest BCUT2D eigenvalue weighted by molar-refractivity contribution is -0.116. The van der Waals surface area contributed by atoms with Gasteiger partial charge in [0.15, 0.2) is 5.78 Å². The molecule has 0 spiro atoms. The van der Waals surface area contributed by atoms with Gasteiger partial charge >= 0.3 is 5.69 Å². The molecule has 0 atom stereocenters. The molecule has 1 amide bonds. The molecule has 6 nitrogen and oxygen atoms in total. The van der Waals surface area contributed by atoms with Crippen LogP contribution in [0.25, 0.3) is 11.0 Å². The van der Waals surface area contributed by atoms with Crippen molar-refractivity contribution in [3.63, 3.8) is 0 Å². The Morgan fingerprint density at radius 3 is 2.52 bits per heavy atom. The number of imidazole rings is 1. The molecule has 0 unspecified atom stereocenters. The van der Waals surface area contributed by atoms with Gasteiger partial charge in [-0.3, -0.25) is 9.59 Å². The molecule has 128 valence electrons. The van der Waals surface area contributed by atoms with Crippen LogP contribution >= 0.6 is 0 Å². The van der Waals surface area contributed by atoms with Gasteiger partial charge in [-0.2, -0.15) is 0 Å². The van der Waals surface area contributed by atoms with Crippen molar-refractivity contribution in [3.05, 3.63) is 63.6 Å². The largest absolute Gasteiger partial charge is 0.326 e. The van der Waals surface area contributed by atoms with E-state index in [0.717, 1.165) is 11.1 Å². The van der Waals surface area contributed by atoms with E-state index < -0.39 is 0 Å². The number of anilines is 1. The second kappa shape index (κ2) is 6.76. The number of H-pyrrole nitrogens is 2. The molecule has 1 heterocycles. The third-order valence-corrected chi connectivity index (χ3v) is 4.07. The zero-order chi connectivity index (χ0) is 18.0.